The molecule has 0 amide bonds. The van der Waals surface area contributed by atoms with E-state index >= 15 is 0 Å². The smallest absolute Gasteiger partial charge is 0.203 e. The highest BCUT2D eigenvalue weighted by Crippen LogP contribution is 2.38. The first-order chi connectivity index (χ1) is 14.2. The van der Waals surface area contributed by atoms with Crippen LogP contribution in [0.3, 0.4) is 0 Å². The fourth-order valence-electron chi connectivity index (χ4n) is 3.19. The lowest BCUT2D eigenvalue weighted by Gasteiger charge is -2.15. The Kier molecular flexibility index (Phi) is 5.15. The predicted octanol–water partition coefficient (Wildman–Crippen LogP) is 3.43. The SMILES string of the molecule is COc1cc(CNc2ncc(-c3cccnc3)n3ccnc23)cc(OC)c1OC. The molecule has 0 atom stereocenters. The summed E-state index contributed by atoms with van der Waals surface area (Å²) in [6, 6.07) is 7.70. The van der Waals surface area contributed by atoms with Crippen LogP contribution in [-0.4, -0.2) is 40.7 Å². The second-order valence-corrected chi connectivity index (χ2v) is 6.24. The van der Waals surface area contributed by atoms with Gasteiger partial charge in [-0.2, -0.15) is 0 Å². The lowest BCUT2D eigenvalue weighted by Crippen LogP contribution is -2.06. The normalized spacial score (nSPS) is 10.7. The summed E-state index contributed by atoms with van der Waals surface area (Å²) in [4.78, 5) is 13.2. The minimum absolute atomic E-state index is 0.512. The highest BCUT2D eigenvalue weighted by molar-refractivity contribution is 5.70. The van der Waals surface area contributed by atoms with Crippen LogP contribution in [-0.2, 0) is 6.54 Å². The van der Waals surface area contributed by atoms with Gasteiger partial charge in [-0.1, -0.05) is 0 Å². The van der Waals surface area contributed by atoms with Crippen molar-refractivity contribution in [3.8, 4) is 28.5 Å². The van der Waals surface area contributed by atoms with Crippen molar-refractivity contribution in [2.24, 2.45) is 0 Å². The molecule has 8 heteroatoms. The van der Waals surface area contributed by atoms with Gasteiger partial charge in [-0.25, -0.2) is 9.97 Å². The van der Waals surface area contributed by atoms with Gasteiger partial charge in [0.2, 0.25) is 5.75 Å². The van der Waals surface area contributed by atoms with E-state index in [1.54, 1.807) is 39.9 Å². The third-order valence-electron chi connectivity index (χ3n) is 4.57. The molecule has 3 aromatic heterocycles. The van der Waals surface area contributed by atoms with Gasteiger partial charge in [-0.3, -0.25) is 9.38 Å². The van der Waals surface area contributed by atoms with Gasteiger partial charge in [0.15, 0.2) is 23.0 Å². The Bertz CT molecular complexity index is 1100. The molecule has 1 N–H and O–H groups in total. The maximum Gasteiger partial charge on any atom is 0.203 e. The molecule has 0 unspecified atom stereocenters. The number of benzene rings is 1. The van der Waals surface area contributed by atoms with E-state index in [1.807, 2.05) is 41.1 Å². The zero-order valence-corrected chi connectivity index (χ0v) is 16.4. The molecule has 29 heavy (non-hydrogen) atoms. The molecular formula is C21H21N5O3. The fourth-order valence-corrected chi connectivity index (χ4v) is 3.19. The fraction of sp³-hybridized carbons (Fsp3) is 0.190. The summed E-state index contributed by atoms with van der Waals surface area (Å²) < 4.78 is 18.2. The quantitative estimate of drug-likeness (QED) is 0.517. The van der Waals surface area contributed by atoms with Crippen LogP contribution in [0.1, 0.15) is 5.56 Å². The number of imidazole rings is 1. The molecule has 4 aromatic rings. The molecule has 0 radical (unpaired) electrons. The Morgan fingerprint density at radius 3 is 2.41 bits per heavy atom. The molecular weight excluding hydrogens is 370 g/mol. The zero-order valence-electron chi connectivity index (χ0n) is 16.4. The lowest BCUT2D eigenvalue weighted by atomic mass is 10.1. The van der Waals surface area contributed by atoms with Gasteiger partial charge < -0.3 is 19.5 Å². The van der Waals surface area contributed by atoms with Crippen molar-refractivity contribution >= 4 is 11.5 Å². The van der Waals surface area contributed by atoms with Gasteiger partial charge in [0.25, 0.3) is 0 Å². The summed E-state index contributed by atoms with van der Waals surface area (Å²) in [5.41, 5.74) is 3.59. The summed E-state index contributed by atoms with van der Waals surface area (Å²) in [7, 11) is 4.78. The maximum atomic E-state index is 5.42. The topological polar surface area (TPSA) is 82.8 Å². The van der Waals surface area contributed by atoms with Crippen molar-refractivity contribution < 1.29 is 14.2 Å². The van der Waals surface area contributed by atoms with Crippen molar-refractivity contribution in [3.63, 3.8) is 0 Å². The third kappa shape index (κ3) is 3.52. The largest absolute Gasteiger partial charge is 0.493 e. The van der Waals surface area contributed by atoms with E-state index in [9.17, 15) is 0 Å². The van der Waals surface area contributed by atoms with Crippen molar-refractivity contribution in [3.05, 3.63) is 60.8 Å². The number of methoxy groups -OCH3 is 3. The van der Waals surface area contributed by atoms with E-state index < -0.39 is 0 Å². The number of fused-ring (bicyclic) bond motifs is 1. The molecule has 4 rings (SSSR count). The molecule has 0 saturated carbocycles. The number of ether oxygens (including phenoxy) is 3. The molecule has 0 aliphatic carbocycles. The molecule has 3 heterocycles. The molecule has 0 bridgehead atoms. The van der Waals surface area contributed by atoms with Gasteiger partial charge in [0.1, 0.15) is 0 Å². The molecule has 1 aromatic carbocycles. The summed E-state index contributed by atoms with van der Waals surface area (Å²) in [6.07, 6.45) is 9.02. The minimum Gasteiger partial charge on any atom is -0.493 e. The number of pyridine rings is 1. The molecule has 0 fully saturated rings. The van der Waals surface area contributed by atoms with Crippen LogP contribution < -0.4 is 19.5 Å². The summed E-state index contributed by atoms with van der Waals surface area (Å²) in [5, 5.41) is 3.35. The van der Waals surface area contributed by atoms with Crippen molar-refractivity contribution in [1.82, 2.24) is 19.4 Å². The van der Waals surface area contributed by atoms with Gasteiger partial charge >= 0.3 is 0 Å². The summed E-state index contributed by atoms with van der Waals surface area (Å²) >= 11 is 0. The van der Waals surface area contributed by atoms with Crippen LogP contribution in [0, 0.1) is 0 Å². The lowest BCUT2D eigenvalue weighted by molar-refractivity contribution is 0.324. The van der Waals surface area contributed by atoms with Crippen molar-refractivity contribution in [2.45, 2.75) is 6.54 Å². The third-order valence-corrected chi connectivity index (χ3v) is 4.57. The van der Waals surface area contributed by atoms with Crippen molar-refractivity contribution in [1.29, 1.82) is 0 Å². The average Bonchev–Trinajstić information content (AvgIpc) is 3.27. The van der Waals surface area contributed by atoms with E-state index in [1.165, 1.54) is 0 Å². The van der Waals surface area contributed by atoms with Crippen molar-refractivity contribution in [2.75, 3.05) is 26.6 Å². The highest BCUT2D eigenvalue weighted by atomic mass is 16.5. The molecule has 0 saturated heterocycles. The number of hydrogen-bond donors (Lipinski definition) is 1. The summed E-state index contributed by atoms with van der Waals surface area (Å²) in [5.74, 6) is 2.45. The van der Waals surface area contributed by atoms with Gasteiger partial charge in [-0.15, -0.1) is 0 Å². The average molecular weight is 391 g/mol. The van der Waals surface area contributed by atoms with E-state index in [0.717, 1.165) is 22.5 Å². The number of hydrogen-bond acceptors (Lipinski definition) is 7. The standard InChI is InChI=1S/C21H21N5O3/c1-27-17-9-14(10-18(28-2)19(17)29-3)11-24-20-21-23-7-8-26(21)16(13-25-20)15-5-4-6-22-12-15/h4-10,12-13H,11H2,1-3H3,(H,24,25). The predicted molar refractivity (Wildman–Crippen MR) is 110 cm³/mol. The van der Waals surface area contributed by atoms with Crippen LogP contribution in [0.2, 0.25) is 0 Å². The minimum atomic E-state index is 0.512. The second kappa shape index (κ2) is 8.05. The number of anilines is 1. The number of rotatable bonds is 7. The first-order valence-corrected chi connectivity index (χ1v) is 9.00. The van der Waals surface area contributed by atoms with Crippen LogP contribution >= 0.6 is 0 Å². The Labute approximate surface area is 168 Å². The molecule has 0 aliphatic heterocycles. The van der Waals surface area contributed by atoms with Gasteiger partial charge in [0.05, 0.1) is 33.2 Å². The van der Waals surface area contributed by atoms with Crippen LogP contribution in [0.5, 0.6) is 17.2 Å². The number of nitrogens with one attached hydrogen (secondary N) is 1. The van der Waals surface area contributed by atoms with Crippen LogP contribution in [0.4, 0.5) is 5.82 Å². The highest BCUT2D eigenvalue weighted by Gasteiger charge is 2.14. The number of nitrogens with zero attached hydrogens (tertiary/aromatic N) is 4. The van der Waals surface area contributed by atoms with Gasteiger partial charge in [0, 0.05) is 36.9 Å². The summed E-state index contributed by atoms with van der Waals surface area (Å²) in [6.45, 7) is 0.512. The molecule has 148 valence electrons. The van der Waals surface area contributed by atoms with E-state index in [0.29, 0.717) is 29.6 Å². The molecule has 8 nitrogen and oxygen atoms in total. The Morgan fingerprint density at radius 2 is 1.76 bits per heavy atom. The maximum absolute atomic E-state index is 5.42. The monoisotopic (exact) mass is 391 g/mol. The first-order valence-electron chi connectivity index (χ1n) is 9.00. The number of aromatic nitrogens is 4. The van der Waals surface area contributed by atoms with E-state index in [2.05, 4.69) is 20.3 Å². The second-order valence-electron chi connectivity index (χ2n) is 6.24. The Balaban J connectivity index is 1.64. The molecule has 0 aliphatic rings. The molecule has 0 spiro atoms. The van der Waals surface area contributed by atoms with Gasteiger partial charge in [-0.05, 0) is 29.8 Å². The Hall–Kier alpha value is -3.81. The van der Waals surface area contributed by atoms with E-state index in [-0.39, 0.29) is 0 Å². The van der Waals surface area contributed by atoms with E-state index in [4.69, 9.17) is 14.2 Å². The van der Waals surface area contributed by atoms with Crippen LogP contribution in [0.15, 0.2) is 55.2 Å². The zero-order chi connectivity index (χ0) is 20.2. The first kappa shape index (κ1) is 18.5. The van der Waals surface area contributed by atoms with Crippen LogP contribution in [0.25, 0.3) is 16.9 Å². The Morgan fingerprint density at radius 1 is 0.966 bits per heavy atom.